The fourth-order valence-electron chi connectivity index (χ4n) is 3.58. The monoisotopic (exact) mass is 561 g/mol. The molecule has 14 heteroatoms. The number of nitrogens with zero attached hydrogens (tertiary/aromatic N) is 2. The van der Waals surface area contributed by atoms with Gasteiger partial charge in [-0.2, -0.15) is 13.2 Å². The lowest BCUT2D eigenvalue weighted by Gasteiger charge is -2.27. The molecule has 3 aromatic carbocycles. The first-order valence-corrected chi connectivity index (χ1v) is 11.2. The molecule has 0 spiro atoms. The molecule has 0 aliphatic carbocycles. The maximum absolute atomic E-state index is 13.1. The minimum absolute atomic E-state index is 0.0266. The number of hydrogen-bond acceptors (Lipinski definition) is 7. The van der Waals surface area contributed by atoms with E-state index in [0.717, 1.165) is 6.07 Å². The fourth-order valence-corrected chi connectivity index (χ4v) is 3.80. The van der Waals surface area contributed by atoms with Crippen molar-refractivity contribution < 1.29 is 42.0 Å². The van der Waals surface area contributed by atoms with Crippen molar-refractivity contribution in [1.82, 2.24) is 5.32 Å². The van der Waals surface area contributed by atoms with Gasteiger partial charge in [-0.3, -0.25) is 25.0 Å². The maximum atomic E-state index is 13.1. The lowest BCUT2D eigenvalue weighted by molar-refractivity contribution is -0.385. The number of alkyl halides is 3. The molecule has 0 atom stereocenters. The van der Waals surface area contributed by atoms with Gasteiger partial charge in [0, 0.05) is 6.07 Å². The highest BCUT2D eigenvalue weighted by Crippen LogP contribution is 2.40. The highest BCUT2D eigenvalue weighted by molar-refractivity contribution is 6.42. The Kier molecular flexibility index (Phi) is 7.27. The summed E-state index contributed by atoms with van der Waals surface area (Å²) in [5.41, 5.74) is -2.28. The summed E-state index contributed by atoms with van der Waals surface area (Å²) in [6.07, 6.45) is -3.63. The first-order valence-electron chi connectivity index (χ1n) is 10.8. The number of ether oxygens (including phenoxy) is 2. The fraction of sp³-hybridized carbons (Fsp3) is 0.0800. The molecule has 10 nitrogen and oxygen atoms in total. The molecule has 0 unspecified atom stereocenters. The van der Waals surface area contributed by atoms with Gasteiger partial charge in [0.25, 0.3) is 11.8 Å². The second-order valence-corrected chi connectivity index (χ2v) is 8.27. The van der Waals surface area contributed by atoms with Crippen LogP contribution in [0.5, 0.6) is 17.2 Å². The van der Waals surface area contributed by atoms with Crippen LogP contribution >= 0.6 is 11.6 Å². The molecule has 200 valence electrons. The molecule has 4 rings (SSSR count). The van der Waals surface area contributed by atoms with Gasteiger partial charge in [0.2, 0.25) is 5.75 Å². The van der Waals surface area contributed by atoms with Crippen LogP contribution in [-0.4, -0.2) is 29.9 Å². The number of carbonyl (C=O) groups excluding carboxylic acids is 3. The number of hydrogen-bond donors (Lipinski definition) is 1. The number of carbonyl (C=O) groups is 3. The average Bonchev–Trinajstić information content (AvgIpc) is 2.87. The predicted molar refractivity (Wildman–Crippen MR) is 132 cm³/mol. The Bertz CT molecular complexity index is 1560. The van der Waals surface area contributed by atoms with Crippen molar-refractivity contribution in [2.75, 3.05) is 12.0 Å². The number of barbiturate groups is 1. The van der Waals surface area contributed by atoms with Gasteiger partial charge in [-0.15, -0.1) is 0 Å². The molecule has 4 amide bonds. The van der Waals surface area contributed by atoms with Crippen molar-refractivity contribution >= 4 is 46.9 Å². The largest absolute Gasteiger partial charge is 0.493 e. The summed E-state index contributed by atoms with van der Waals surface area (Å²) in [7, 11) is 1.23. The molecule has 1 saturated heterocycles. The van der Waals surface area contributed by atoms with Crippen LogP contribution in [0, 0.1) is 10.1 Å². The van der Waals surface area contributed by atoms with Crippen LogP contribution in [0.4, 0.5) is 29.3 Å². The van der Waals surface area contributed by atoms with Crippen molar-refractivity contribution in [1.29, 1.82) is 0 Å². The van der Waals surface area contributed by atoms with E-state index in [-0.39, 0.29) is 27.8 Å². The molecule has 0 aromatic heterocycles. The van der Waals surface area contributed by atoms with E-state index in [1.165, 1.54) is 43.5 Å². The Morgan fingerprint density at radius 1 is 1.00 bits per heavy atom. The van der Waals surface area contributed by atoms with Gasteiger partial charge in [0.1, 0.15) is 5.57 Å². The summed E-state index contributed by atoms with van der Waals surface area (Å²) in [5.74, 6) is -2.52. The highest BCUT2D eigenvalue weighted by atomic mass is 35.5. The zero-order valence-electron chi connectivity index (χ0n) is 19.6. The number of halogens is 4. The lowest BCUT2D eigenvalue weighted by atomic mass is 10.1. The molecule has 39 heavy (non-hydrogen) atoms. The second-order valence-electron chi connectivity index (χ2n) is 7.86. The van der Waals surface area contributed by atoms with E-state index in [0.29, 0.717) is 17.0 Å². The Hall–Kier alpha value is -4.91. The third-order valence-corrected chi connectivity index (χ3v) is 5.72. The van der Waals surface area contributed by atoms with Crippen LogP contribution < -0.4 is 19.7 Å². The van der Waals surface area contributed by atoms with Crippen molar-refractivity contribution in [2.45, 2.75) is 6.18 Å². The summed E-state index contributed by atoms with van der Waals surface area (Å²) in [5, 5.41) is 13.5. The Morgan fingerprint density at radius 2 is 1.69 bits per heavy atom. The molecule has 1 N–H and O–H groups in total. The molecule has 3 aromatic rings. The zero-order chi connectivity index (χ0) is 28.5. The number of nitro groups is 1. The van der Waals surface area contributed by atoms with E-state index < -0.39 is 51.5 Å². The number of urea groups is 1. The van der Waals surface area contributed by atoms with Gasteiger partial charge >= 0.3 is 17.9 Å². The average molecular weight is 562 g/mol. The molecule has 0 saturated carbocycles. The Balaban J connectivity index is 1.68. The quantitative estimate of drug-likeness (QED) is 0.176. The van der Waals surface area contributed by atoms with Gasteiger partial charge in [-0.1, -0.05) is 29.8 Å². The van der Waals surface area contributed by atoms with E-state index in [1.54, 1.807) is 12.1 Å². The number of benzene rings is 3. The Labute approximate surface area is 222 Å². The minimum atomic E-state index is -4.80. The second kappa shape index (κ2) is 10.5. The number of methoxy groups -OCH3 is 1. The SMILES string of the molecule is COc1cc(/C=C2\C(=O)NC(=O)N(c3ccccc3Cl)C2=O)ccc1Oc1ccc(C(F)(F)F)cc1[N+](=O)[O-]. The molecular formula is C25H15ClF3N3O7. The van der Waals surface area contributed by atoms with Crippen LogP contribution in [0.25, 0.3) is 6.08 Å². The molecular weight excluding hydrogens is 547 g/mol. The first kappa shape index (κ1) is 27.1. The number of nitrogens with one attached hydrogen (secondary N) is 1. The molecule has 1 heterocycles. The smallest absolute Gasteiger partial charge is 0.416 e. The lowest BCUT2D eigenvalue weighted by Crippen LogP contribution is -2.54. The van der Waals surface area contributed by atoms with Crippen molar-refractivity contribution in [2.24, 2.45) is 0 Å². The third-order valence-electron chi connectivity index (χ3n) is 5.40. The zero-order valence-corrected chi connectivity index (χ0v) is 20.4. The Morgan fingerprint density at radius 3 is 2.33 bits per heavy atom. The van der Waals surface area contributed by atoms with E-state index >= 15 is 0 Å². The van der Waals surface area contributed by atoms with Crippen LogP contribution in [-0.2, 0) is 15.8 Å². The van der Waals surface area contributed by atoms with Gasteiger partial charge < -0.3 is 9.47 Å². The summed E-state index contributed by atoms with van der Waals surface area (Å²) < 4.78 is 49.7. The van der Waals surface area contributed by atoms with Crippen LogP contribution in [0.3, 0.4) is 0 Å². The maximum Gasteiger partial charge on any atom is 0.416 e. The molecule has 1 aliphatic heterocycles. The number of para-hydroxylation sites is 1. The molecule has 0 bridgehead atoms. The normalized spacial score (nSPS) is 14.8. The number of imide groups is 2. The van der Waals surface area contributed by atoms with Crippen molar-refractivity contribution in [3.8, 4) is 17.2 Å². The number of rotatable bonds is 6. The van der Waals surface area contributed by atoms with E-state index in [1.807, 2.05) is 0 Å². The topological polar surface area (TPSA) is 128 Å². The summed E-state index contributed by atoms with van der Waals surface area (Å²) in [6, 6.07) is 10.8. The van der Waals surface area contributed by atoms with Gasteiger partial charge in [-0.05, 0) is 48.0 Å². The van der Waals surface area contributed by atoms with Crippen LogP contribution in [0.15, 0.2) is 66.2 Å². The third kappa shape index (κ3) is 5.52. The van der Waals surface area contributed by atoms with E-state index in [9.17, 15) is 37.7 Å². The molecule has 0 radical (unpaired) electrons. The summed E-state index contributed by atoms with van der Waals surface area (Å²) in [4.78, 5) is 49.0. The van der Waals surface area contributed by atoms with Crippen molar-refractivity contribution in [3.63, 3.8) is 0 Å². The standard InChI is InChI=1S/C25H15ClF3N3O7/c1-38-21-11-13(6-8-20(21)39-19-9-7-14(25(27,28)29)12-18(19)32(36)37)10-15-22(33)30-24(35)31(23(15)34)17-5-3-2-4-16(17)26/h2-12H,1H3,(H,30,33,35)/b15-10+. The van der Waals surface area contributed by atoms with Gasteiger partial charge in [-0.25, -0.2) is 9.69 Å². The highest BCUT2D eigenvalue weighted by Gasteiger charge is 2.38. The number of anilines is 1. The van der Waals surface area contributed by atoms with Gasteiger partial charge in [0.15, 0.2) is 11.5 Å². The number of nitro benzene ring substituents is 1. The predicted octanol–water partition coefficient (Wildman–Crippen LogP) is 5.73. The van der Waals surface area contributed by atoms with Crippen molar-refractivity contribution in [3.05, 3.63) is 92.5 Å². The van der Waals surface area contributed by atoms with E-state index in [4.69, 9.17) is 21.1 Å². The molecule has 1 fully saturated rings. The van der Waals surface area contributed by atoms with Crippen LogP contribution in [0.2, 0.25) is 5.02 Å². The molecule has 1 aliphatic rings. The minimum Gasteiger partial charge on any atom is -0.493 e. The number of amides is 4. The summed E-state index contributed by atoms with van der Waals surface area (Å²) in [6.45, 7) is 0. The first-order chi connectivity index (χ1) is 18.4. The van der Waals surface area contributed by atoms with Gasteiger partial charge in [0.05, 0.1) is 28.3 Å². The van der Waals surface area contributed by atoms with E-state index in [2.05, 4.69) is 5.32 Å². The van der Waals surface area contributed by atoms with Crippen LogP contribution in [0.1, 0.15) is 11.1 Å². The summed E-state index contributed by atoms with van der Waals surface area (Å²) >= 11 is 6.11.